The maximum absolute atomic E-state index is 13.1. The van der Waals surface area contributed by atoms with E-state index in [9.17, 15) is 14.7 Å². The zero-order valence-electron chi connectivity index (χ0n) is 17.5. The van der Waals surface area contributed by atoms with E-state index in [1.807, 2.05) is 32.0 Å². The van der Waals surface area contributed by atoms with E-state index in [1.54, 1.807) is 11.9 Å². The molecule has 0 fully saturated rings. The predicted octanol–water partition coefficient (Wildman–Crippen LogP) is 2.51. The number of amides is 2. The number of imide groups is 1. The summed E-state index contributed by atoms with van der Waals surface area (Å²) in [7, 11) is 1.73. The number of ether oxygens (including phenoxy) is 1. The lowest BCUT2D eigenvalue weighted by Gasteiger charge is -2.20. The van der Waals surface area contributed by atoms with E-state index >= 15 is 0 Å². The van der Waals surface area contributed by atoms with Crippen molar-refractivity contribution < 1.29 is 19.4 Å². The molecule has 2 amide bonds. The van der Waals surface area contributed by atoms with Crippen molar-refractivity contribution in [3.8, 4) is 0 Å². The monoisotopic (exact) mass is 388 g/mol. The Hall–Kier alpha value is -2.18. The third kappa shape index (κ3) is 5.00. The number of rotatable bonds is 11. The average molecular weight is 389 g/mol. The quantitative estimate of drug-likeness (QED) is 0.466. The number of likely N-dealkylation sites (N-methyl/N-ethyl adjacent to an activating group) is 1. The van der Waals surface area contributed by atoms with E-state index in [4.69, 9.17) is 4.74 Å². The van der Waals surface area contributed by atoms with Crippen LogP contribution in [0.3, 0.4) is 0 Å². The zero-order valence-corrected chi connectivity index (χ0v) is 17.5. The summed E-state index contributed by atoms with van der Waals surface area (Å²) in [5, 5.41) is 9.31. The molecule has 1 heterocycles. The highest BCUT2D eigenvalue weighted by Gasteiger charge is 2.40. The molecule has 6 nitrogen and oxygen atoms in total. The van der Waals surface area contributed by atoms with Crippen molar-refractivity contribution in [2.75, 3.05) is 40.0 Å². The molecule has 0 saturated heterocycles. The van der Waals surface area contributed by atoms with Crippen molar-refractivity contribution in [2.24, 2.45) is 0 Å². The number of nitrogens with zero attached hydrogens (tertiary/aromatic N) is 2. The van der Waals surface area contributed by atoms with Gasteiger partial charge in [0.05, 0.1) is 12.2 Å². The second kappa shape index (κ2) is 10.4. The van der Waals surface area contributed by atoms with E-state index < -0.39 is 0 Å². The van der Waals surface area contributed by atoms with E-state index in [-0.39, 0.29) is 25.0 Å². The van der Waals surface area contributed by atoms with Crippen molar-refractivity contribution in [2.45, 2.75) is 40.0 Å². The third-order valence-corrected chi connectivity index (χ3v) is 5.07. The van der Waals surface area contributed by atoms with E-state index in [0.29, 0.717) is 37.4 Å². The lowest BCUT2D eigenvalue weighted by molar-refractivity contribution is -0.137. The molecule has 1 N–H and O–H groups in total. The second-order valence-corrected chi connectivity index (χ2v) is 7.25. The van der Waals surface area contributed by atoms with Gasteiger partial charge in [-0.1, -0.05) is 31.5 Å². The van der Waals surface area contributed by atoms with Crippen LogP contribution in [0.15, 0.2) is 23.9 Å². The molecule has 1 aliphatic rings. The molecule has 154 valence electrons. The van der Waals surface area contributed by atoms with Crippen molar-refractivity contribution in [3.05, 3.63) is 40.6 Å². The molecule has 1 aromatic rings. The Morgan fingerprint density at radius 3 is 2.43 bits per heavy atom. The Morgan fingerprint density at radius 2 is 1.79 bits per heavy atom. The molecule has 0 unspecified atom stereocenters. The van der Waals surface area contributed by atoms with Gasteiger partial charge in [-0.2, -0.15) is 0 Å². The topological polar surface area (TPSA) is 70.1 Å². The van der Waals surface area contributed by atoms with Gasteiger partial charge in [0, 0.05) is 33.4 Å². The fraction of sp³-hybridized carbons (Fsp3) is 0.545. The molecule has 0 aromatic heterocycles. The highest BCUT2D eigenvalue weighted by atomic mass is 16.5. The number of aliphatic hydroxyl groups excluding tert-OH is 1. The second-order valence-electron chi connectivity index (χ2n) is 7.25. The van der Waals surface area contributed by atoms with E-state index in [0.717, 1.165) is 29.5 Å². The van der Waals surface area contributed by atoms with Crippen LogP contribution < -0.4 is 0 Å². The maximum atomic E-state index is 13.1. The van der Waals surface area contributed by atoms with Crippen LogP contribution in [-0.4, -0.2) is 66.7 Å². The normalized spacial score (nSPS) is 14.4. The Labute approximate surface area is 167 Å². The number of hydrogen-bond acceptors (Lipinski definition) is 5. The minimum absolute atomic E-state index is 0.0903. The van der Waals surface area contributed by atoms with Crippen LogP contribution in [0.2, 0.25) is 0 Å². The number of aliphatic hydroxyl groups is 1. The lowest BCUT2D eigenvalue weighted by Crippen LogP contribution is -2.36. The van der Waals surface area contributed by atoms with Crippen LogP contribution in [0, 0.1) is 13.8 Å². The molecule has 0 bridgehead atoms. The molecule has 1 aliphatic heterocycles. The molecular formula is C22H32N2O4. The van der Waals surface area contributed by atoms with Crippen LogP contribution in [0.25, 0.3) is 5.57 Å². The van der Waals surface area contributed by atoms with Crippen LogP contribution in [0.1, 0.15) is 42.9 Å². The summed E-state index contributed by atoms with van der Waals surface area (Å²) in [6.07, 6.45) is 2.70. The van der Waals surface area contributed by atoms with Crippen LogP contribution >= 0.6 is 0 Å². The first kappa shape index (κ1) is 22.1. The van der Waals surface area contributed by atoms with Crippen molar-refractivity contribution >= 4 is 17.4 Å². The number of unbranched alkanes of at least 4 members (excludes halogenated alkanes) is 1. The van der Waals surface area contributed by atoms with E-state index in [2.05, 4.69) is 6.92 Å². The van der Waals surface area contributed by atoms with Crippen LogP contribution in [-0.2, 0) is 14.3 Å². The summed E-state index contributed by atoms with van der Waals surface area (Å²) >= 11 is 0. The number of aryl methyl sites for hydroxylation is 2. The third-order valence-electron chi connectivity index (χ3n) is 5.07. The maximum Gasteiger partial charge on any atom is 0.277 e. The number of hydrogen-bond donors (Lipinski definition) is 1. The largest absolute Gasteiger partial charge is 0.395 e. The highest BCUT2D eigenvalue weighted by molar-refractivity contribution is 6.35. The van der Waals surface area contributed by atoms with Gasteiger partial charge in [0.15, 0.2) is 0 Å². The van der Waals surface area contributed by atoms with E-state index in [1.165, 1.54) is 4.90 Å². The molecule has 0 spiro atoms. The number of carbonyl (C=O) groups is 2. The first-order valence-corrected chi connectivity index (χ1v) is 10.00. The van der Waals surface area contributed by atoms with Gasteiger partial charge in [0.25, 0.3) is 11.8 Å². The Morgan fingerprint density at radius 1 is 1.07 bits per heavy atom. The smallest absolute Gasteiger partial charge is 0.277 e. The molecule has 2 rings (SSSR count). The summed E-state index contributed by atoms with van der Waals surface area (Å²) in [5.41, 5.74) is 3.71. The summed E-state index contributed by atoms with van der Waals surface area (Å²) in [5.74, 6) is -0.579. The zero-order chi connectivity index (χ0) is 20.7. The Balaban J connectivity index is 2.23. The fourth-order valence-corrected chi connectivity index (χ4v) is 3.21. The molecule has 0 radical (unpaired) electrons. The van der Waals surface area contributed by atoms with Gasteiger partial charge < -0.3 is 14.7 Å². The molecule has 0 saturated carbocycles. The Bertz CT molecular complexity index is 742. The van der Waals surface area contributed by atoms with Gasteiger partial charge in [-0.25, -0.2) is 0 Å². The average Bonchev–Trinajstić information content (AvgIpc) is 2.91. The van der Waals surface area contributed by atoms with Gasteiger partial charge in [-0.15, -0.1) is 0 Å². The Kier molecular flexibility index (Phi) is 8.20. The summed E-state index contributed by atoms with van der Waals surface area (Å²) in [6, 6.07) is 5.79. The first-order chi connectivity index (χ1) is 13.4. The van der Waals surface area contributed by atoms with Gasteiger partial charge in [-0.3, -0.25) is 14.5 Å². The van der Waals surface area contributed by atoms with Crippen molar-refractivity contribution in [1.82, 2.24) is 9.80 Å². The number of benzene rings is 1. The van der Waals surface area contributed by atoms with Gasteiger partial charge in [0.2, 0.25) is 0 Å². The first-order valence-electron chi connectivity index (χ1n) is 10.00. The highest BCUT2D eigenvalue weighted by Crippen LogP contribution is 2.32. The van der Waals surface area contributed by atoms with Gasteiger partial charge in [-0.05, 0) is 43.4 Å². The molecule has 0 aliphatic carbocycles. The minimum Gasteiger partial charge on any atom is -0.395 e. The number of carbonyl (C=O) groups excluding carboxylic acids is 2. The van der Waals surface area contributed by atoms with Gasteiger partial charge in [0.1, 0.15) is 5.70 Å². The standard InChI is InChI=1S/C22H32N2O4/c1-5-6-13-28-14-7-10-24-21(26)19(18-9-8-16(2)17(3)15-18)20(22(24)27)23(4)11-12-25/h8-9,15,25H,5-7,10-14H2,1-4H3. The van der Waals surface area contributed by atoms with Gasteiger partial charge >= 0.3 is 0 Å². The summed E-state index contributed by atoms with van der Waals surface area (Å²) in [4.78, 5) is 29.1. The molecule has 28 heavy (non-hydrogen) atoms. The lowest BCUT2D eigenvalue weighted by atomic mass is 9.99. The van der Waals surface area contributed by atoms with Crippen molar-refractivity contribution in [3.63, 3.8) is 0 Å². The molecular weight excluding hydrogens is 356 g/mol. The molecule has 1 aromatic carbocycles. The van der Waals surface area contributed by atoms with Crippen molar-refractivity contribution in [1.29, 1.82) is 0 Å². The molecule has 6 heteroatoms. The van der Waals surface area contributed by atoms with Crippen LogP contribution in [0.4, 0.5) is 0 Å². The predicted molar refractivity (Wildman–Crippen MR) is 110 cm³/mol. The SMILES string of the molecule is CCCCOCCCN1C(=O)C(c2ccc(C)c(C)c2)=C(N(C)CCO)C1=O. The summed E-state index contributed by atoms with van der Waals surface area (Å²) < 4.78 is 5.55. The summed E-state index contributed by atoms with van der Waals surface area (Å²) in [6.45, 7) is 7.86. The van der Waals surface area contributed by atoms with Crippen LogP contribution in [0.5, 0.6) is 0 Å². The molecule has 0 atom stereocenters. The minimum atomic E-state index is -0.303. The fourth-order valence-electron chi connectivity index (χ4n) is 3.21.